The van der Waals surface area contributed by atoms with Gasteiger partial charge in [0.1, 0.15) is 0 Å². The third kappa shape index (κ3) is 3.09. The van der Waals surface area contributed by atoms with Crippen LogP contribution in [0, 0.1) is 0 Å². The summed E-state index contributed by atoms with van der Waals surface area (Å²) in [6.07, 6.45) is 0.840. The van der Waals surface area contributed by atoms with Gasteiger partial charge in [-0.25, -0.2) is 0 Å². The minimum Gasteiger partial charge on any atom is -0.325 e. The standard InChI is InChI=1S/C17H18ClN3/c18-16-9-5-4-8-15(16)17-10-14(11-19)20-21(17)12-13-6-2-1-3-7-13/h1-9,17H,10-12,19H2. The van der Waals surface area contributed by atoms with Crippen molar-refractivity contribution in [2.24, 2.45) is 10.8 Å². The summed E-state index contributed by atoms with van der Waals surface area (Å²) in [5.41, 5.74) is 9.15. The topological polar surface area (TPSA) is 41.6 Å². The average molecular weight is 300 g/mol. The number of halogens is 1. The Balaban J connectivity index is 1.88. The molecule has 0 amide bonds. The smallest absolute Gasteiger partial charge is 0.0791 e. The average Bonchev–Trinajstić information content (AvgIpc) is 2.92. The van der Waals surface area contributed by atoms with E-state index in [9.17, 15) is 0 Å². The van der Waals surface area contributed by atoms with E-state index in [2.05, 4.69) is 28.3 Å². The van der Waals surface area contributed by atoms with E-state index in [0.29, 0.717) is 6.54 Å². The summed E-state index contributed by atoms with van der Waals surface area (Å²) < 4.78 is 0. The number of hydrazone groups is 1. The minimum absolute atomic E-state index is 0.164. The fourth-order valence-electron chi connectivity index (χ4n) is 2.68. The second-order valence-corrected chi connectivity index (χ2v) is 5.60. The van der Waals surface area contributed by atoms with Crippen molar-refractivity contribution >= 4 is 17.3 Å². The summed E-state index contributed by atoms with van der Waals surface area (Å²) in [5, 5.41) is 7.55. The van der Waals surface area contributed by atoms with Crippen LogP contribution >= 0.6 is 11.6 Å². The summed E-state index contributed by atoms with van der Waals surface area (Å²) >= 11 is 6.35. The zero-order valence-electron chi connectivity index (χ0n) is 11.7. The van der Waals surface area contributed by atoms with E-state index in [1.165, 1.54) is 5.56 Å². The zero-order valence-corrected chi connectivity index (χ0v) is 12.5. The van der Waals surface area contributed by atoms with Gasteiger partial charge in [0, 0.05) is 18.0 Å². The molecule has 0 radical (unpaired) electrons. The quantitative estimate of drug-likeness (QED) is 0.937. The lowest BCUT2D eigenvalue weighted by Gasteiger charge is -2.24. The molecule has 1 unspecified atom stereocenters. The molecule has 1 atom stereocenters. The van der Waals surface area contributed by atoms with Gasteiger partial charge in [-0.3, -0.25) is 5.01 Å². The second-order valence-electron chi connectivity index (χ2n) is 5.19. The molecular weight excluding hydrogens is 282 g/mol. The molecule has 1 aliphatic heterocycles. The number of nitrogens with two attached hydrogens (primary N) is 1. The van der Waals surface area contributed by atoms with Crippen LogP contribution in [0.5, 0.6) is 0 Å². The molecule has 21 heavy (non-hydrogen) atoms. The van der Waals surface area contributed by atoms with Crippen LogP contribution in [0.25, 0.3) is 0 Å². The molecule has 0 spiro atoms. The lowest BCUT2D eigenvalue weighted by Crippen LogP contribution is -2.19. The van der Waals surface area contributed by atoms with Gasteiger partial charge in [0.25, 0.3) is 0 Å². The van der Waals surface area contributed by atoms with Gasteiger partial charge in [0.05, 0.1) is 18.3 Å². The molecule has 1 heterocycles. The summed E-state index contributed by atoms with van der Waals surface area (Å²) in [6, 6.07) is 18.5. The van der Waals surface area contributed by atoms with Gasteiger partial charge in [0.15, 0.2) is 0 Å². The number of hydrogen-bond acceptors (Lipinski definition) is 3. The lowest BCUT2D eigenvalue weighted by atomic mass is 10.0. The van der Waals surface area contributed by atoms with Crippen molar-refractivity contribution in [3.63, 3.8) is 0 Å². The van der Waals surface area contributed by atoms with Crippen LogP contribution in [0.3, 0.4) is 0 Å². The van der Waals surface area contributed by atoms with Crippen LogP contribution in [0.4, 0.5) is 0 Å². The van der Waals surface area contributed by atoms with E-state index in [1.54, 1.807) is 0 Å². The van der Waals surface area contributed by atoms with Crippen molar-refractivity contribution in [1.82, 2.24) is 5.01 Å². The predicted molar refractivity (Wildman–Crippen MR) is 87.3 cm³/mol. The van der Waals surface area contributed by atoms with Crippen LogP contribution < -0.4 is 5.73 Å². The van der Waals surface area contributed by atoms with Gasteiger partial charge in [-0.1, -0.05) is 60.1 Å². The Morgan fingerprint density at radius 3 is 2.52 bits per heavy atom. The largest absolute Gasteiger partial charge is 0.325 e. The van der Waals surface area contributed by atoms with Crippen LogP contribution in [0.2, 0.25) is 5.02 Å². The van der Waals surface area contributed by atoms with Gasteiger partial charge in [-0.2, -0.15) is 5.10 Å². The molecule has 0 aliphatic carbocycles. The van der Waals surface area contributed by atoms with Crippen molar-refractivity contribution < 1.29 is 0 Å². The highest BCUT2D eigenvalue weighted by molar-refractivity contribution is 6.31. The molecule has 0 aromatic heterocycles. The number of nitrogens with zero attached hydrogens (tertiary/aromatic N) is 2. The molecule has 3 nitrogen and oxygen atoms in total. The highest BCUT2D eigenvalue weighted by Gasteiger charge is 2.28. The first-order valence-electron chi connectivity index (χ1n) is 7.09. The van der Waals surface area contributed by atoms with Crippen molar-refractivity contribution in [2.45, 2.75) is 19.0 Å². The molecule has 2 aromatic carbocycles. The maximum Gasteiger partial charge on any atom is 0.0791 e. The molecule has 108 valence electrons. The molecular formula is C17H18ClN3. The molecule has 1 aliphatic rings. The Morgan fingerprint density at radius 1 is 1.10 bits per heavy atom. The first kappa shape index (κ1) is 14.1. The van der Waals surface area contributed by atoms with Gasteiger partial charge in [-0.05, 0) is 17.2 Å². The van der Waals surface area contributed by atoms with Crippen molar-refractivity contribution in [3.05, 3.63) is 70.7 Å². The fourth-order valence-corrected chi connectivity index (χ4v) is 2.94. The first-order chi connectivity index (χ1) is 10.3. The molecule has 3 rings (SSSR count). The van der Waals surface area contributed by atoms with Gasteiger partial charge in [0.2, 0.25) is 0 Å². The summed E-state index contributed by atoms with van der Waals surface area (Å²) in [6.45, 7) is 1.26. The Labute approximate surface area is 130 Å². The third-order valence-electron chi connectivity index (χ3n) is 3.75. The maximum atomic E-state index is 6.35. The molecule has 4 heteroatoms. The summed E-state index contributed by atoms with van der Waals surface area (Å²) in [5.74, 6) is 0. The van der Waals surface area contributed by atoms with Crippen LogP contribution in [0.1, 0.15) is 23.6 Å². The van der Waals surface area contributed by atoms with Crippen LogP contribution in [-0.4, -0.2) is 17.3 Å². The van der Waals surface area contributed by atoms with E-state index in [-0.39, 0.29) is 6.04 Å². The number of rotatable bonds is 4. The number of benzene rings is 2. The van der Waals surface area contributed by atoms with Gasteiger partial charge < -0.3 is 5.73 Å². The van der Waals surface area contributed by atoms with Crippen molar-refractivity contribution in [2.75, 3.05) is 6.54 Å². The zero-order chi connectivity index (χ0) is 14.7. The van der Waals surface area contributed by atoms with Gasteiger partial charge in [-0.15, -0.1) is 0 Å². The third-order valence-corrected chi connectivity index (χ3v) is 4.09. The van der Waals surface area contributed by atoms with Crippen LogP contribution in [-0.2, 0) is 6.54 Å². The van der Waals surface area contributed by atoms with E-state index < -0.39 is 0 Å². The summed E-state index contributed by atoms with van der Waals surface area (Å²) in [7, 11) is 0. The number of hydrogen-bond donors (Lipinski definition) is 1. The fraction of sp³-hybridized carbons (Fsp3) is 0.235. The van der Waals surface area contributed by atoms with Crippen LogP contribution in [0.15, 0.2) is 59.7 Å². The maximum absolute atomic E-state index is 6.35. The SMILES string of the molecule is NCC1=NN(Cc2ccccc2)C(c2ccccc2Cl)C1. The van der Waals surface area contributed by atoms with E-state index >= 15 is 0 Å². The molecule has 0 saturated heterocycles. The predicted octanol–water partition coefficient (Wildman–Crippen LogP) is 3.60. The lowest BCUT2D eigenvalue weighted by molar-refractivity contribution is 0.224. The minimum atomic E-state index is 0.164. The van der Waals surface area contributed by atoms with E-state index in [1.807, 2.05) is 36.4 Å². The Bertz CT molecular complexity index is 639. The monoisotopic (exact) mass is 299 g/mol. The molecule has 0 fully saturated rings. The second kappa shape index (κ2) is 6.29. The Morgan fingerprint density at radius 2 is 1.81 bits per heavy atom. The molecule has 0 saturated carbocycles. The van der Waals surface area contributed by atoms with Crippen molar-refractivity contribution in [1.29, 1.82) is 0 Å². The summed E-state index contributed by atoms with van der Waals surface area (Å²) in [4.78, 5) is 0. The Hall–Kier alpha value is -1.84. The molecule has 2 aromatic rings. The van der Waals surface area contributed by atoms with Gasteiger partial charge >= 0.3 is 0 Å². The van der Waals surface area contributed by atoms with Crippen molar-refractivity contribution in [3.8, 4) is 0 Å². The molecule has 2 N–H and O–H groups in total. The van der Waals surface area contributed by atoms with E-state index in [4.69, 9.17) is 17.3 Å². The normalized spacial score (nSPS) is 17.9. The Kier molecular flexibility index (Phi) is 4.23. The first-order valence-corrected chi connectivity index (χ1v) is 7.47. The highest BCUT2D eigenvalue weighted by atomic mass is 35.5. The molecule has 0 bridgehead atoms. The van der Waals surface area contributed by atoms with E-state index in [0.717, 1.165) is 29.3 Å². The highest BCUT2D eigenvalue weighted by Crippen LogP contribution is 2.35.